The lowest BCUT2D eigenvalue weighted by atomic mass is 10.2. The lowest BCUT2D eigenvalue weighted by molar-refractivity contribution is 0.0916. The van der Waals surface area contributed by atoms with E-state index in [1.807, 2.05) is 41.4 Å². The molecule has 1 amide bonds. The second-order valence-electron chi connectivity index (χ2n) is 3.75. The van der Waals surface area contributed by atoms with Gasteiger partial charge in [-0.15, -0.1) is 11.3 Å². The lowest BCUT2D eigenvalue weighted by Gasteiger charge is -2.12. The molecule has 0 saturated heterocycles. The van der Waals surface area contributed by atoms with E-state index in [9.17, 15) is 9.90 Å². The fraction of sp³-hybridized carbons (Fsp3) is 0.250. The van der Waals surface area contributed by atoms with Gasteiger partial charge in [-0.3, -0.25) is 4.79 Å². The van der Waals surface area contributed by atoms with E-state index < -0.39 is 6.10 Å². The Hall–Kier alpha value is -1.59. The average Bonchev–Trinajstić information content (AvgIpc) is 2.95. The van der Waals surface area contributed by atoms with Gasteiger partial charge in [-0.05, 0) is 23.6 Å². The average molecular weight is 250 g/mol. The largest absolute Gasteiger partial charge is 0.385 e. The van der Waals surface area contributed by atoms with Crippen molar-refractivity contribution in [2.45, 2.75) is 6.10 Å². The third-order valence-electron chi connectivity index (χ3n) is 2.53. The van der Waals surface area contributed by atoms with Gasteiger partial charge in [0.05, 0.1) is 4.88 Å². The number of carbonyl (C=O) groups is 1. The summed E-state index contributed by atoms with van der Waals surface area (Å²) in [6.07, 6.45) is 1.18. The molecule has 2 aromatic heterocycles. The number of amides is 1. The summed E-state index contributed by atoms with van der Waals surface area (Å²) in [4.78, 5) is 12.3. The van der Waals surface area contributed by atoms with Crippen molar-refractivity contribution in [3.8, 4) is 0 Å². The Labute approximate surface area is 104 Å². The number of hydrogen-bond acceptors (Lipinski definition) is 3. The van der Waals surface area contributed by atoms with E-state index in [1.54, 1.807) is 6.07 Å². The molecule has 0 radical (unpaired) electrons. The Morgan fingerprint density at radius 1 is 1.53 bits per heavy atom. The van der Waals surface area contributed by atoms with Gasteiger partial charge in [0, 0.05) is 25.5 Å². The summed E-state index contributed by atoms with van der Waals surface area (Å²) in [5, 5.41) is 14.5. The number of aliphatic hydroxyl groups excluding tert-OH is 1. The Balaban J connectivity index is 1.91. The third kappa shape index (κ3) is 2.75. The minimum atomic E-state index is -0.682. The number of nitrogens with zero attached hydrogens (tertiary/aromatic N) is 1. The highest BCUT2D eigenvalue weighted by atomic mass is 32.1. The van der Waals surface area contributed by atoms with Crippen LogP contribution in [0.3, 0.4) is 0 Å². The van der Waals surface area contributed by atoms with Crippen molar-refractivity contribution in [2.75, 3.05) is 6.54 Å². The van der Waals surface area contributed by atoms with Crippen LogP contribution in [0.4, 0.5) is 0 Å². The first-order valence-electron chi connectivity index (χ1n) is 5.29. The molecule has 0 aliphatic carbocycles. The molecule has 2 N–H and O–H groups in total. The van der Waals surface area contributed by atoms with Crippen LogP contribution in [0.5, 0.6) is 0 Å². The molecule has 0 unspecified atom stereocenters. The molecule has 2 heterocycles. The molecule has 0 spiro atoms. The number of rotatable bonds is 4. The highest BCUT2D eigenvalue weighted by Crippen LogP contribution is 2.12. The maximum Gasteiger partial charge on any atom is 0.261 e. The molecule has 4 nitrogen and oxygen atoms in total. The van der Waals surface area contributed by atoms with Gasteiger partial charge in [0.1, 0.15) is 6.10 Å². The van der Waals surface area contributed by atoms with Crippen molar-refractivity contribution in [1.82, 2.24) is 9.88 Å². The van der Waals surface area contributed by atoms with Gasteiger partial charge >= 0.3 is 0 Å². The molecule has 5 heteroatoms. The van der Waals surface area contributed by atoms with Crippen LogP contribution in [0.2, 0.25) is 0 Å². The van der Waals surface area contributed by atoms with Crippen LogP contribution in [0, 0.1) is 0 Å². The molecule has 0 bridgehead atoms. The molecule has 0 aliphatic heterocycles. The Kier molecular flexibility index (Phi) is 3.61. The molecular formula is C12H14N2O2S. The molecule has 2 rings (SSSR count). The number of hydrogen-bond donors (Lipinski definition) is 2. The van der Waals surface area contributed by atoms with Gasteiger partial charge in [0.25, 0.3) is 5.91 Å². The third-order valence-corrected chi connectivity index (χ3v) is 3.39. The minimum absolute atomic E-state index is 0.145. The number of aliphatic hydroxyl groups is 1. The fourth-order valence-corrected chi connectivity index (χ4v) is 2.25. The molecule has 1 atom stereocenters. The van der Waals surface area contributed by atoms with Crippen LogP contribution in [-0.2, 0) is 7.05 Å². The second-order valence-corrected chi connectivity index (χ2v) is 4.69. The zero-order chi connectivity index (χ0) is 12.3. The predicted octanol–water partition coefficient (Wildman–Crippen LogP) is 1.55. The van der Waals surface area contributed by atoms with E-state index in [2.05, 4.69) is 5.32 Å². The zero-order valence-corrected chi connectivity index (χ0v) is 10.3. The van der Waals surface area contributed by atoms with Crippen LogP contribution in [0.1, 0.15) is 21.5 Å². The van der Waals surface area contributed by atoms with E-state index >= 15 is 0 Å². The standard InChI is InChI=1S/C12H14N2O2S/c1-14-6-2-4-9(14)10(15)8-13-12(16)11-5-3-7-17-11/h2-7,10,15H,8H2,1H3,(H,13,16)/t10-/m0/s1. The molecule has 0 aliphatic rings. The molecule has 0 aromatic carbocycles. The number of aryl methyl sites for hydroxylation is 1. The normalized spacial score (nSPS) is 12.4. The first-order valence-corrected chi connectivity index (χ1v) is 6.17. The Morgan fingerprint density at radius 3 is 2.94 bits per heavy atom. The smallest absolute Gasteiger partial charge is 0.261 e. The van der Waals surface area contributed by atoms with Gasteiger partial charge in [0.15, 0.2) is 0 Å². The van der Waals surface area contributed by atoms with Crippen molar-refractivity contribution < 1.29 is 9.90 Å². The van der Waals surface area contributed by atoms with Crippen LogP contribution >= 0.6 is 11.3 Å². The van der Waals surface area contributed by atoms with Crippen molar-refractivity contribution in [1.29, 1.82) is 0 Å². The second kappa shape index (κ2) is 5.16. The highest BCUT2D eigenvalue weighted by Gasteiger charge is 2.13. The maximum atomic E-state index is 11.6. The summed E-state index contributed by atoms with van der Waals surface area (Å²) in [5.41, 5.74) is 0.788. The van der Waals surface area contributed by atoms with Crippen LogP contribution in [0.25, 0.3) is 0 Å². The number of aromatic nitrogens is 1. The lowest BCUT2D eigenvalue weighted by Crippen LogP contribution is -2.28. The maximum absolute atomic E-state index is 11.6. The first kappa shape index (κ1) is 11.9. The highest BCUT2D eigenvalue weighted by molar-refractivity contribution is 7.12. The van der Waals surface area contributed by atoms with Crippen molar-refractivity contribution in [2.24, 2.45) is 7.05 Å². The van der Waals surface area contributed by atoms with Gasteiger partial charge in [-0.25, -0.2) is 0 Å². The summed E-state index contributed by atoms with van der Waals surface area (Å²) in [6, 6.07) is 7.28. The summed E-state index contributed by atoms with van der Waals surface area (Å²) < 4.78 is 1.84. The van der Waals surface area contributed by atoms with Gasteiger partial charge in [0.2, 0.25) is 0 Å². The van der Waals surface area contributed by atoms with E-state index in [0.717, 1.165) is 5.69 Å². The van der Waals surface area contributed by atoms with Crippen LogP contribution < -0.4 is 5.32 Å². The number of nitrogens with one attached hydrogen (secondary N) is 1. The molecule has 0 fully saturated rings. The molecule has 2 aromatic rings. The Bertz CT molecular complexity index is 490. The Morgan fingerprint density at radius 2 is 2.35 bits per heavy atom. The summed E-state index contributed by atoms with van der Waals surface area (Å²) in [7, 11) is 1.86. The van der Waals surface area contributed by atoms with Crippen LogP contribution in [0.15, 0.2) is 35.8 Å². The van der Waals surface area contributed by atoms with Crippen LogP contribution in [-0.4, -0.2) is 22.1 Å². The van der Waals surface area contributed by atoms with E-state index in [1.165, 1.54) is 11.3 Å². The van der Waals surface area contributed by atoms with E-state index in [0.29, 0.717) is 4.88 Å². The van der Waals surface area contributed by atoms with Crippen molar-refractivity contribution >= 4 is 17.2 Å². The van der Waals surface area contributed by atoms with E-state index in [-0.39, 0.29) is 12.5 Å². The summed E-state index contributed by atoms with van der Waals surface area (Å²) >= 11 is 1.38. The molecule has 90 valence electrons. The minimum Gasteiger partial charge on any atom is -0.385 e. The number of carbonyl (C=O) groups excluding carboxylic acids is 1. The van der Waals surface area contributed by atoms with E-state index in [4.69, 9.17) is 0 Å². The van der Waals surface area contributed by atoms with Crippen molar-refractivity contribution in [3.05, 3.63) is 46.4 Å². The fourth-order valence-electron chi connectivity index (χ4n) is 1.61. The predicted molar refractivity (Wildman–Crippen MR) is 67.0 cm³/mol. The zero-order valence-electron chi connectivity index (χ0n) is 9.46. The topological polar surface area (TPSA) is 54.3 Å². The summed E-state index contributed by atoms with van der Waals surface area (Å²) in [6.45, 7) is 0.217. The SMILES string of the molecule is Cn1cccc1[C@@H](O)CNC(=O)c1cccs1. The monoisotopic (exact) mass is 250 g/mol. The molecule has 0 saturated carbocycles. The molecular weight excluding hydrogens is 236 g/mol. The van der Waals surface area contributed by atoms with Gasteiger partial charge < -0.3 is 15.0 Å². The first-order chi connectivity index (χ1) is 8.18. The quantitative estimate of drug-likeness (QED) is 0.865. The number of thiophene rings is 1. The summed E-state index contributed by atoms with van der Waals surface area (Å²) in [5.74, 6) is -0.145. The van der Waals surface area contributed by atoms with Crippen molar-refractivity contribution in [3.63, 3.8) is 0 Å². The molecule has 17 heavy (non-hydrogen) atoms. The van der Waals surface area contributed by atoms with Gasteiger partial charge in [-0.1, -0.05) is 6.07 Å². The van der Waals surface area contributed by atoms with Gasteiger partial charge in [-0.2, -0.15) is 0 Å².